The maximum atomic E-state index is 12.9. The highest BCUT2D eigenvalue weighted by Gasteiger charge is 2.27. The van der Waals surface area contributed by atoms with E-state index in [1.54, 1.807) is 31.2 Å². The number of rotatable bonds is 8. The zero-order valence-electron chi connectivity index (χ0n) is 18.1. The summed E-state index contributed by atoms with van der Waals surface area (Å²) in [5, 5.41) is 15.0. The molecule has 2 amide bonds. The molecule has 172 valence electrons. The fourth-order valence-electron chi connectivity index (χ4n) is 3.60. The summed E-state index contributed by atoms with van der Waals surface area (Å²) in [6, 6.07) is 10.7. The second kappa shape index (κ2) is 10.6. The summed E-state index contributed by atoms with van der Waals surface area (Å²) in [5.41, 5.74) is 1.38. The average molecular weight is 460 g/mol. The highest BCUT2D eigenvalue weighted by Crippen LogP contribution is 2.23. The molecule has 3 N–H and O–H groups in total. The molecule has 9 heteroatoms. The van der Waals surface area contributed by atoms with Crippen molar-refractivity contribution in [2.24, 2.45) is 0 Å². The Kier molecular flexibility index (Phi) is 7.87. The van der Waals surface area contributed by atoms with Crippen molar-refractivity contribution in [1.29, 1.82) is 0 Å². The molecule has 0 aliphatic carbocycles. The predicted molar refractivity (Wildman–Crippen MR) is 121 cm³/mol. The third-order valence-corrected chi connectivity index (χ3v) is 7.33. The monoisotopic (exact) mass is 459 g/mol. The minimum absolute atomic E-state index is 0.0183. The van der Waals surface area contributed by atoms with Crippen LogP contribution in [0, 0.1) is 6.92 Å². The van der Waals surface area contributed by atoms with Gasteiger partial charge in [0.25, 0.3) is 11.8 Å². The van der Waals surface area contributed by atoms with Crippen LogP contribution in [-0.2, 0) is 10.0 Å². The first-order valence-corrected chi connectivity index (χ1v) is 12.2. The van der Waals surface area contributed by atoms with E-state index in [2.05, 4.69) is 10.6 Å². The van der Waals surface area contributed by atoms with Gasteiger partial charge in [0.15, 0.2) is 0 Å². The van der Waals surface area contributed by atoms with E-state index in [1.807, 2.05) is 0 Å². The molecule has 2 aromatic rings. The number of phenols is 1. The summed E-state index contributed by atoms with van der Waals surface area (Å²) >= 11 is 0. The number of carbonyl (C=O) groups is 2. The van der Waals surface area contributed by atoms with Crippen LogP contribution < -0.4 is 10.6 Å². The zero-order valence-corrected chi connectivity index (χ0v) is 19.0. The van der Waals surface area contributed by atoms with Crippen molar-refractivity contribution in [3.05, 3.63) is 59.2 Å². The molecular weight excluding hydrogens is 430 g/mol. The minimum atomic E-state index is -3.61. The Bertz CT molecular complexity index is 1080. The molecule has 32 heavy (non-hydrogen) atoms. The third-order valence-electron chi connectivity index (χ3n) is 5.44. The van der Waals surface area contributed by atoms with Gasteiger partial charge >= 0.3 is 0 Å². The Morgan fingerprint density at radius 2 is 1.66 bits per heavy atom. The van der Waals surface area contributed by atoms with E-state index in [1.165, 1.54) is 22.5 Å². The summed E-state index contributed by atoms with van der Waals surface area (Å²) in [4.78, 5) is 24.8. The predicted octanol–water partition coefficient (Wildman–Crippen LogP) is 2.43. The van der Waals surface area contributed by atoms with Gasteiger partial charge < -0.3 is 15.7 Å². The fraction of sp³-hybridized carbons (Fsp3) is 0.391. The number of hydrogen-bond acceptors (Lipinski definition) is 5. The van der Waals surface area contributed by atoms with Crippen LogP contribution in [0.3, 0.4) is 0 Å². The van der Waals surface area contributed by atoms with Gasteiger partial charge in [-0.3, -0.25) is 9.59 Å². The van der Waals surface area contributed by atoms with Crippen LogP contribution >= 0.6 is 0 Å². The molecule has 8 nitrogen and oxygen atoms in total. The van der Waals surface area contributed by atoms with E-state index in [-0.39, 0.29) is 22.5 Å². The van der Waals surface area contributed by atoms with Gasteiger partial charge in [0.1, 0.15) is 5.75 Å². The van der Waals surface area contributed by atoms with Crippen LogP contribution in [0.4, 0.5) is 0 Å². The highest BCUT2D eigenvalue weighted by molar-refractivity contribution is 7.89. The van der Waals surface area contributed by atoms with E-state index in [0.29, 0.717) is 49.3 Å². The van der Waals surface area contributed by atoms with Crippen molar-refractivity contribution in [3.63, 3.8) is 0 Å². The SMILES string of the molecule is Cc1ccc(S(=O)(=O)N2CCCCC2)cc1C(=O)NCCCNC(=O)c1cccc(O)c1. The molecule has 0 unspecified atom stereocenters. The molecule has 0 radical (unpaired) electrons. The van der Waals surface area contributed by atoms with E-state index < -0.39 is 10.0 Å². The number of hydrogen-bond donors (Lipinski definition) is 3. The zero-order chi connectivity index (χ0) is 23.1. The van der Waals surface area contributed by atoms with Crippen LogP contribution in [0.5, 0.6) is 5.75 Å². The topological polar surface area (TPSA) is 116 Å². The van der Waals surface area contributed by atoms with Crippen LogP contribution in [0.1, 0.15) is 52.0 Å². The Hall–Kier alpha value is -2.91. The molecule has 0 aromatic heterocycles. The largest absolute Gasteiger partial charge is 0.508 e. The summed E-state index contributed by atoms with van der Waals surface area (Å²) in [6.45, 7) is 3.44. The molecule has 1 saturated heterocycles. The first-order valence-electron chi connectivity index (χ1n) is 10.8. The van der Waals surface area contributed by atoms with Crippen LogP contribution in [0.25, 0.3) is 0 Å². The number of piperidine rings is 1. The number of phenolic OH excluding ortho intramolecular Hbond substituents is 1. The molecule has 1 heterocycles. The Morgan fingerprint density at radius 3 is 2.34 bits per heavy atom. The van der Waals surface area contributed by atoms with Gasteiger partial charge in [0.05, 0.1) is 4.90 Å². The molecule has 2 aromatic carbocycles. The summed E-state index contributed by atoms with van der Waals surface area (Å²) in [7, 11) is -3.61. The normalized spacial score (nSPS) is 14.7. The number of sulfonamides is 1. The van der Waals surface area contributed by atoms with Gasteiger partial charge in [-0.25, -0.2) is 8.42 Å². The van der Waals surface area contributed by atoms with Crippen LogP contribution in [-0.4, -0.2) is 55.8 Å². The standard InChI is InChI=1S/C23H29N3O5S/c1-17-9-10-20(32(30,31)26-13-3-2-4-14-26)16-21(17)23(29)25-12-6-11-24-22(28)18-7-5-8-19(27)15-18/h5,7-10,15-16,27H,2-4,6,11-14H2,1H3,(H,24,28)(H,25,29). The molecule has 1 fully saturated rings. The van der Waals surface area contributed by atoms with Crippen molar-refractivity contribution < 1.29 is 23.1 Å². The van der Waals surface area contributed by atoms with Crippen molar-refractivity contribution in [3.8, 4) is 5.75 Å². The lowest BCUT2D eigenvalue weighted by atomic mass is 10.1. The summed E-state index contributed by atoms with van der Waals surface area (Å²) < 4.78 is 27.3. The molecule has 0 saturated carbocycles. The van der Waals surface area contributed by atoms with Gasteiger partial charge in [0.2, 0.25) is 10.0 Å². The minimum Gasteiger partial charge on any atom is -0.508 e. The number of amides is 2. The summed E-state index contributed by atoms with van der Waals surface area (Å²) in [5.74, 6) is -0.638. The molecule has 3 rings (SSSR count). The highest BCUT2D eigenvalue weighted by atomic mass is 32.2. The number of nitrogens with one attached hydrogen (secondary N) is 2. The summed E-state index contributed by atoms with van der Waals surface area (Å²) in [6.07, 6.45) is 3.23. The third kappa shape index (κ3) is 5.86. The van der Waals surface area contributed by atoms with Crippen molar-refractivity contribution in [2.75, 3.05) is 26.2 Å². The van der Waals surface area contributed by atoms with Gasteiger partial charge in [-0.05, 0) is 62.1 Å². The van der Waals surface area contributed by atoms with Crippen LogP contribution in [0.15, 0.2) is 47.4 Å². The molecular formula is C23H29N3O5S. The van der Waals surface area contributed by atoms with E-state index >= 15 is 0 Å². The van der Waals surface area contributed by atoms with Gasteiger partial charge in [-0.1, -0.05) is 18.6 Å². The van der Waals surface area contributed by atoms with Crippen LogP contribution in [0.2, 0.25) is 0 Å². The molecule has 0 atom stereocenters. The molecule has 1 aliphatic heterocycles. The first-order chi connectivity index (χ1) is 15.3. The van der Waals surface area contributed by atoms with Crippen molar-refractivity contribution in [1.82, 2.24) is 14.9 Å². The average Bonchev–Trinajstić information content (AvgIpc) is 2.79. The maximum absolute atomic E-state index is 12.9. The number of benzene rings is 2. The van der Waals surface area contributed by atoms with Gasteiger partial charge in [-0.2, -0.15) is 4.31 Å². The first kappa shape index (κ1) is 23.7. The Balaban J connectivity index is 1.53. The lowest BCUT2D eigenvalue weighted by Crippen LogP contribution is -2.36. The lowest BCUT2D eigenvalue weighted by Gasteiger charge is -2.26. The Labute approximate surface area is 188 Å². The van der Waals surface area contributed by atoms with Crippen molar-refractivity contribution in [2.45, 2.75) is 37.5 Å². The van der Waals surface area contributed by atoms with E-state index in [9.17, 15) is 23.1 Å². The fourth-order valence-corrected chi connectivity index (χ4v) is 5.14. The molecule has 0 bridgehead atoms. The Morgan fingerprint density at radius 1 is 0.969 bits per heavy atom. The maximum Gasteiger partial charge on any atom is 0.251 e. The number of aromatic hydroxyl groups is 1. The second-order valence-corrected chi connectivity index (χ2v) is 9.80. The second-order valence-electron chi connectivity index (χ2n) is 7.86. The van der Waals surface area contributed by atoms with E-state index in [0.717, 1.165) is 19.3 Å². The lowest BCUT2D eigenvalue weighted by molar-refractivity contribution is 0.0951. The van der Waals surface area contributed by atoms with Gasteiger partial charge in [-0.15, -0.1) is 0 Å². The van der Waals surface area contributed by atoms with E-state index in [4.69, 9.17) is 0 Å². The molecule has 1 aliphatic rings. The number of carbonyl (C=O) groups excluding carboxylic acids is 2. The number of nitrogens with zero attached hydrogens (tertiary/aromatic N) is 1. The quantitative estimate of drug-likeness (QED) is 0.525. The smallest absolute Gasteiger partial charge is 0.251 e. The van der Waals surface area contributed by atoms with Gasteiger partial charge in [0, 0.05) is 37.3 Å². The number of aryl methyl sites for hydroxylation is 1. The molecule has 0 spiro atoms. The van der Waals surface area contributed by atoms with Crippen molar-refractivity contribution >= 4 is 21.8 Å².